The number of aromatic nitrogens is 5. The minimum atomic E-state index is -0.325. The van der Waals surface area contributed by atoms with E-state index < -0.39 is 0 Å². The minimum Gasteiger partial charge on any atom is -0.392 e. The van der Waals surface area contributed by atoms with Gasteiger partial charge in [-0.3, -0.25) is 5.43 Å². The first kappa shape index (κ1) is 13.7. The number of hydrazine groups is 1. The van der Waals surface area contributed by atoms with Gasteiger partial charge in [-0.05, 0) is 12.5 Å². The third-order valence-electron chi connectivity index (χ3n) is 3.98. The van der Waals surface area contributed by atoms with Crippen LogP contribution in [0.3, 0.4) is 0 Å². The summed E-state index contributed by atoms with van der Waals surface area (Å²) in [5.41, 5.74) is 2.19. The first-order valence-electron chi connectivity index (χ1n) is 6.68. The van der Waals surface area contributed by atoms with Gasteiger partial charge in [0.25, 0.3) is 5.95 Å². The van der Waals surface area contributed by atoms with E-state index in [0.29, 0.717) is 18.3 Å². The monoisotopic (exact) mass is 290 g/mol. The Hall–Kier alpha value is -2.26. The number of nitrogens with two attached hydrogens (primary N) is 1. The molecule has 0 bridgehead atoms. The molecule has 2 aromatic rings. The predicted octanol–water partition coefficient (Wildman–Crippen LogP) is -0.0858. The van der Waals surface area contributed by atoms with Crippen LogP contribution >= 0.6 is 0 Å². The zero-order valence-electron chi connectivity index (χ0n) is 11.9. The number of hydrogen-bond donors (Lipinski definition) is 4. The molecule has 9 heteroatoms. The van der Waals surface area contributed by atoms with Crippen LogP contribution in [0.5, 0.6) is 0 Å². The number of nitrogens with one attached hydrogen (secondary N) is 2. The third kappa shape index (κ3) is 2.41. The third-order valence-corrected chi connectivity index (χ3v) is 3.98. The van der Waals surface area contributed by atoms with Gasteiger partial charge in [0.1, 0.15) is 0 Å². The molecular formula is C12H18N8O. The van der Waals surface area contributed by atoms with Crippen molar-refractivity contribution in [2.75, 3.05) is 10.7 Å². The van der Waals surface area contributed by atoms with E-state index in [4.69, 9.17) is 5.84 Å². The molecule has 2 heterocycles. The predicted molar refractivity (Wildman–Crippen MR) is 76.6 cm³/mol. The second-order valence-electron chi connectivity index (χ2n) is 5.65. The van der Waals surface area contributed by atoms with Crippen molar-refractivity contribution in [1.82, 2.24) is 24.7 Å². The second-order valence-corrected chi connectivity index (χ2v) is 5.65. The average molecular weight is 290 g/mol. The molecule has 0 spiro atoms. The normalized spacial score (nSPS) is 23.4. The maximum Gasteiger partial charge on any atom is 0.257 e. The zero-order chi connectivity index (χ0) is 15.0. The summed E-state index contributed by atoms with van der Waals surface area (Å²) in [6.07, 6.45) is 3.70. The molecule has 0 saturated heterocycles. The molecule has 0 amide bonds. The van der Waals surface area contributed by atoms with Gasteiger partial charge in [0.15, 0.2) is 0 Å². The average Bonchev–Trinajstić information content (AvgIpc) is 3.01. The summed E-state index contributed by atoms with van der Waals surface area (Å²) in [6.45, 7) is 3.99. The van der Waals surface area contributed by atoms with Crippen LogP contribution in [-0.4, -0.2) is 42.0 Å². The molecule has 1 aliphatic carbocycles. The fourth-order valence-electron chi connectivity index (χ4n) is 2.29. The lowest BCUT2D eigenvalue weighted by Crippen LogP contribution is -2.57. The molecule has 21 heavy (non-hydrogen) atoms. The van der Waals surface area contributed by atoms with E-state index >= 15 is 0 Å². The van der Waals surface area contributed by atoms with Crippen molar-refractivity contribution < 1.29 is 5.11 Å². The van der Waals surface area contributed by atoms with Gasteiger partial charge < -0.3 is 10.4 Å². The van der Waals surface area contributed by atoms with E-state index in [1.54, 1.807) is 18.5 Å². The van der Waals surface area contributed by atoms with Crippen molar-refractivity contribution in [3.05, 3.63) is 18.5 Å². The fourth-order valence-corrected chi connectivity index (χ4v) is 2.29. The largest absolute Gasteiger partial charge is 0.392 e. The lowest BCUT2D eigenvalue weighted by Gasteiger charge is -2.49. The summed E-state index contributed by atoms with van der Waals surface area (Å²) < 4.78 is 1.52. The summed E-state index contributed by atoms with van der Waals surface area (Å²) in [4.78, 5) is 12.7. The molecule has 1 aliphatic rings. The van der Waals surface area contributed by atoms with Crippen LogP contribution in [0.15, 0.2) is 18.5 Å². The van der Waals surface area contributed by atoms with Crippen LogP contribution in [0.1, 0.15) is 20.3 Å². The van der Waals surface area contributed by atoms with E-state index in [9.17, 15) is 5.11 Å². The fraction of sp³-hybridized carbons (Fsp3) is 0.500. The van der Waals surface area contributed by atoms with Crippen LogP contribution in [0.2, 0.25) is 0 Å². The van der Waals surface area contributed by atoms with Gasteiger partial charge in [0, 0.05) is 23.9 Å². The Kier molecular flexibility index (Phi) is 3.22. The standard InChI is InChI=1S/C12H18N8O/c1-12(2)7(6-8(12)21)15-9-16-10(19-13)18-11(17-9)20-5-3-4-14-20/h3-5,7-8,21H,6,13H2,1-2H3,(H2,15,16,17,18,19). The highest BCUT2D eigenvalue weighted by Crippen LogP contribution is 2.41. The molecule has 3 rings (SSSR count). The van der Waals surface area contributed by atoms with Gasteiger partial charge in [-0.15, -0.1) is 0 Å². The van der Waals surface area contributed by atoms with E-state index in [1.807, 2.05) is 13.8 Å². The molecule has 1 saturated carbocycles. The first-order valence-corrected chi connectivity index (χ1v) is 6.68. The lowest BCUT2D eigenvalue weighted by atomic mass is 9.65. The van der Waals surface area contributed by atoms with Crippen molar-refractivity contribution in [1.29, 1.82) is 0 Å². The number of nitrogens with zero attached hydrogens (tertiary/aromatic N) is 5. The quantitative estimate of drug-likeness (QED) is 0.454. The Labute approximate surface area is 121 Å². The van der Waals surface area contributed by atoms with Gasteiger partial charge in [-0.25, -0.2) is 10.5 Å². The molecule has 0 radical (unpaired) electrons. The molecule has 2 unspecified atom stereocenters. The summed E-state index contributed by atoms with van der Waals surface area (Å²) in [5, 5.41) is 17.1. The van der Waals surface area contributed by atoms with E-state index in [1.165, 1.54) is 4.68 Å². The van der Waals surface area contributed by atoms with Crippen molar-refractivity contribution in [3.8, 4) is 5.95 Å². The van der Waals surface area contributed by atoms with Crippen LogP contribution < -0.4 is 16.6 Å². The molecule has 2 aromatic heterocycles. The highest BCUT2D eigenvalue weighted by molar-refractivity contribution is 5.39. The van der Waals surface area contributed by atoms with Crippen LogP contribution in [0.4, 0.5) is 11.9 Å². The second kappa shape index (κ2) is 4.93. The van der Waals surface area contributed by atoms with Gasteiger partial charge in [0.2, 0.25) is 11.9 Å². The molecule has 112 valence electrons. The molecular weight excluding hydrogens is 272 g/mol. The molecule has 9 nitrogen and oxygen atoms in total. The SMILES string of the molecule is CC1(C)C(O)CC1Nc1nc(NN)nc(-n2cccn2)n1. The number of aliphatic hydroxyl groups is 1. The summed E-state index contributed by atoms with van der Waals surface area (Å²) in [7, 11) is 0. The molecule has 0 aromatic carbocycles. The topological polar surface area (TPSA) is 127 Å². The molecule has 5 N–H and O–H groups in total. The molecule has 2 atom stereocenters. The molecule has 1 fully saturated rings. The lowest BCUT2D eigenvalue weighted by molar-refractivity contribution is -0.0512. The number of anilines is 2. The maximum absolute atomic E-state index is 9.79. The maximum atomic E-state index is 9.79. The number of nitrogen functional groups attached to an aromatic ring is 1. The van der Waals surface area contributed by atoms with Crippen molar-refractivity contribution in [2.45, 2.75) is 32.4 Å². The van der Waals surface area contributed by atoms with E-state index in [2.05, 4.69) is 30.8 Å². The summed E-state index contributed by atoms with van der Waals surface area (Å²) in [5.74, 6) is 6.40. The first-order chi connectivity index (χ1) is 10.0. The van der Waals surface area contributed by atoms with E-state index in [0.717, 1.165) is 0 Å². The van der Waals surface area contributed by atoms with Crippen LogP contribution in [-0.2, 0) is 0 Å². The number of hydrogen-bond acceptors (Lipinski definition) is 8. The van der Waals surface area contributed by atoms with Gasteiger partial charge in [-0.1, -0.05) is 13.8 Å². The zero-order valence-corrected chi connectivity index (χ0v) is 11.9. The Morgan fingerprint density at radius 2 is 2.10 bits per heavy atom. The smallest absolute Gasteiger partial charge is 0.257 e. The van der Waals surface area contributed by atoms with E-state index in [-0.39, 0.29) is 23.5 Å². The number of rotatable bonds is 4. The van der Waals surface area contributed by atoms with Gasteiger partial charge in [0.05, 0.1) is 6.10 Å². The minimum absolute atomic E-state index is 0.0889. The molecule has 0 aliphatic heterocycles. The van der Waals surface area contributed by atoms with Crippen molar-refractivity contribution >= 4 is 11.9 Å². The highest BCUT2D eigenvalue weighted by atomic mass is 16.3. The van der Waals surface area contributed by atoms with Crippen molar-refractivity contribution in [3.63, 3.8) is 0 Å². The van der Waals surface area contributed by atoms with Gasteiger partial charge in [-0.2, -0.15) is 20.1 Å². The Balaban J connectivity index is 1.87. The Morgan fingerprint density at radius 1 is 1.33 bits per heavy atom. The Bertz CT molecular complexity index is 626. The highest BCUT2D eigenvalue weighted by Gasteiger charge is 2.47. The van der Waals surface area contributed by atoms with Crippen LogP contribution in [0, 0.1) is 5.41 Å². The Morgan fingerprint density at radius 3 is 2.67 bits per heavy atom. The summed E-state index contributed by atoms with van der Waals surface area (Å²) in [6, 6.07) is 1.86. The number of aliphatic hydroxyl groups excluding tert-OH is 1. The van der Waals surface area contributed by atoms with Crippen molar-refractivity contribution in [2.24, 2.45) is 11.3 Å². The summed E-state index contributed by atoms with van der Waals surface area (Å²) >= 11 is 0. The van der Waals surface area contributed by atoms with Crippen LogP contribution in [0.25, 0.3) is 5.95 Å². The van der Waals surface area contributed by atoms with Gasteiger partial charge >= 0.3 is 0 Å².